The Labute approximate surface area is 88.3 Å². The molecule has 0 aliphatic rings. The lowest BCUT2D eigenvalue weighted by Crippen LogP contribution is -2.24. The Kier molecular flexibility index (Phi) is 4.08. The summed E-state index contributed by atoms with van der Waals surface area (Å²) in [6, 6.07) is 0.0817. The molecule has 1 aromatic carbocycles. The van der Waals surface area contributed by atoms with Crippen LogP contribution >= 0.6 is 0 Å². The van der Waals surface area contributed by atoms with E-state index in [-0.39, 0.29) is 6.07 Å². The van der Waals surface area contributed by atoms with Gasteiger partial charge in [0.05, 0.1) is 12.7 Å². The van der Waals surface area contributed by atoms with Crippen LogP contribution in [0.1, 0.15) is 0 Å². The first-order valence-corrected chi connectivity index (χ1v) is 4.33. The molecular weight excluding hydrogens is 230 g/mol. The average Bonchev–Trinajstić information content (AvgIpc) is 2.26. The zero-order valence-electron chi connectivity index (χ0n) is 7.98. The zero-order chi connectivity index (χ0) is 12.3. The monoisotopic (exact) mass is 239 g/mol. The van der Waals surface area contributed by atoms with E-state index >= 15 is 0 Å². The minimum Gasteiger partial charge on any atom is -0.394 e. The topological polar surface area (TPSA) is 52.5 Å². The Morgan fingerprint density at radius 2 is 1.62 bits per heavy atom. The highest BCUT2D eigenvalue weighted by Crippen LogP contribution is 2.23. The quantitative estimate of drug-likeness (QED) is 0.543. The minimum absolute atomic E-state index is 0.0817. The first-order valence-electron chi connectivity index (χ1n) is 4.33. The molecule has 0 fully saturated rings. The highest BCUT2D eigenvalue weighted by Gasteiger charge is 2.19. The van der Waals surface area contributed by atoms with Gasteiger partial charge >= 0.3 is 0 Å². The van der Waals surface area contributed by atoms with E-state index in [1.165, 1.54) is 0 Å². The highest BCUT2D eigenvalue weighted by molar-refractivity contribution is 5.47. The maximum absolute atomic E-state index is 13.0. The summed E-state index contributed by atoms with van der Waals surface area (Å²) in [5.74, 6) is -6.24. The second-order valence-electron chi connectivity index (χ2n) is 3.06. The summed E-state index contributed by atoms with van der Waals surface area (Å²) >= 11 is 0. The van der Waals surface area contributed by atoms with Crippen LogP contribution in [-0.2, 0) is 0 Å². The lowest BCUT2D eigenvalue weighted by Gasteiger charge is -2.12. The van der Waals surface area contributed by atoms with Crippen molar-refractivity contribution in [2.45, 2.75) is 6.10 Å². The summed E-state index contributed by atoms with van der Waals surface area (Å²) in [7, 11) is 0. The van der Waals surface area contributed by atoms with Gasteiger partial charge in [0.25, 0.3) is 0 Å². The van der Waals surface area contributed by atoms with Crippen molar-refractivity contribution in [2.24, 2.45) is 0 Å². The van der Waals surface area contributed by atoms with Gasteiger partial charge in [-0.3, -0.25) is 0 Å². The lowest BCUT2D eigenvalue weighted by molar-refractivity contribution is 0.105. The first kappa shape index (κ1) is 12.7. The smallest absolute Gasteiger partial charge is 0.185 e. The van der Waals surface area contributed by atoms with Crippen molar-refractivity contribution < 1.29 is 27.8 Å². The van der Waals surface area contributed by atoms with Crippen LogP contribution in [0.3, 0.4) is 0 Å². The molecule has 3 N–H and O–H groups in total. The number of hydrogen-bond donors (Lipinski definition) is 3. The third kappa shape index (κ3) is 2.61. The van der Waals surface area contributed by atoms with Gasteiger partial charge in [-0.15, -0.1) is 0 Å². The van der Waals surface area contributed by atoms with Gasteiger partial charge in [0.1, 0.15) is 5.69 Å². The standard InChI is InChI=1S/C9H9F4NO2/c10-5-1-6(11)8(13)9(7(5)12)14-2-4(16)3-15/h1,4,14-16H,2-3H2. The van der Waals surface area contributed by atoms with Gasteiger partial charge in [0.15, 0.2) is 23.3 Å². The number of hydrogen-bond acceptors (Lipinski definition) is 3. The molecular formula is C9H9F4NO2. The van der Waals surface area contributed by atoms with Crippen LogP contribution in [0.4, 0.5) is 23.2 Å². The van der Waals surface area contributed by atoms with E-state index in [1.807, 2.05) is 5.32 Å². The van der Waals surface area contributed by atoms with Gasteiger partial charge in [-0.05, 0) is 0 Å². The van der Waals surface area contributed by atoms with E-state index < -0.39 is 48.2 Å². The van der Waals surface area contributed by atoms with E-state index in [1.54, 1.807) is 0 Å². The van der Waals surface area contributed by atoms with E-state index in [0.717, 1.165) is 0 Å². The second kappa shape index (κ2) is 5.13. The Morgan fingerprint density at radius 1 is 1.12 bits per heavy atom. The van der Waals surface area contributed by atoms with E-state index in [0.29, 0.717) is 0 Å². The van der Waals surface area contributed by atoms with Crippen LogP contribution in [-0.4, -0.2) is 29.5 Å². The van der Waals surface area contributed by atoms with Crippen LogP contribution in [0.5, 0.6) is 0 Å². The molecule has 3 nitrogen and oxygen atoms in total. The van der Waals surface area contributed by atoms with Crippen LogP contribution < -0.4 is 5.32 Å². The Bertz CT molecular complexity index is 360. The Balaban J connectivity index is 2.94. The van der Waals surface area contributed by atoms with Crippen molar-refractivity contribution in [1.82, 2.24) is 0 Å². The van der Waals surface area contributed by atoms with Gasteiger partial charge in [-0.2, -0.15) is 0 Å². The molecule has 1 unspecified atom stereocenters. The zero-order valence-corrected chi connectivity index (χ0v) is 7.98. The van der Waals surface area contributed by atoms with Crippen LogP contribution in [0, 0.1) is 23.3 Å². The molecule has 0 spiro atoms. The Hall–Kier alpha value is -1.34. The van der Waals surface area contributed by atoms with Gasteiger partial charge in [-0.1, -0.05) is 0 Å². The van der Waals surface area contributed by atoms with E-state index in [9.17, 15) is 17.6 Å². The summed E-state index contributed by atoms with van der Waals surface area (Å²) in [5, 5.41) is 19.3. The third-order valence-corrected chi connectivity index (χ3v) is 1.84. The molecule has 16 heavy (non-hydrogen) atoms. The molecule has 0 heterocycles. The summed E-state index contributed by atoms with van der Waals surface area (Å²) in [6.45, 7) is -1.08. The summed E-state index contributed by atoms with van der Waals surface area (Å²) in [6.07, 6.45) is -1.29. The maximum Gasteiger partial charge on any atom is 0.185 e. The minimum atomic E-state index is -1.58. The van der Waals surface area contributed by atoms with E-state index in [4.69, 9.17) is 10.2 Å². The van der Waals surface area contributed by atoms with E-state index in [2.05, 4.69) is 0 Å². The second-order valence-corrected chi connectivity index (χ2v) is 3.06. The largest absolute Gasteiger partial charge is 0.394 e. The number of anilines is 1. The lowest BCUT2D eigenvalue weighted by atomic mass is 10.2. The van der Waals surface area contributed by atoms with Gasteiger partial charge < -0.3 is 15.5 Å². The molecule has 0 radical (unpaired) electrons. The maximum atomic E-state index is 13.0. The molecule has 1 aromatic rings. The van der Waals surface area contributed by atoms with Gasteiger partial charge in [0, 0.05) is 12.6 Å². The number of aliphatic hydroxyl groups excluding tert-OH is 2. The van der Waals surface area contributed by atoms with Crippen molar-refractivity contribution in [1.29, 1.82) is 0 Å². The molecule has 0 aliphatic carbocycles. The van der Waals surface area contributed by atoms with Crippen molar-refractivity contribution in [3.8, 4) is 0 Å². The molecule has 7 heteroatoms. The summed E-state index contributed by atoms with van der Waals surface area (Å²) in [4.78, 5) is 0. The van der Waals surface area contributed by atoms with Crippen molar-refractivity contribution in [3.63, 3.8) is 0 Å². The number of benzene rings is 1. The Morgan fingerprint density at radius 3 is 2.06 bits per heavy atom. The van der Waals surface area contributed by atoms with Gasteiger partial charge in [0.2, 0.25) is 0 Å². The fourth-order valence-corrected chi connectivity index (χ4v) is 1.01. The van der Waals surface area contributed by atoms with Crippen molar-refractivity contribution in [2.75, 3.05) is 18.5 Å². The number of rotatable bonds is 4. The fourth-order valence-electron chi connectivity index (χ4n) is 1.01. The first-order chi connectivity index (χ1) is 7.47. The van der Waals surface area contributed by atoms with Crippen LogP contribution in [0.25, 0.3) is 0 Å². The number of halogens is 4. The molecule has 0 aromatic heterocycles. The van der Waals surface area contributed by atoms with Crippen molar-refractivity contribution in [3.05, 3.63) is 29.3 Å². The van der Waals surface area contributed by atoms with Crippen molar-refractivity contribution >= 4 is 5.69 Å². The fraction of sp³-hybridized carbons (Fsp3) is 0.333. The summed E-state index contributed by atoms with van der Waals surface area (Å²) in [5.41, 5.74) is -1.01. The molecule has 0 bridgehead atoms. The number of aliphatic hydroxyl groups is 2. The normalized spacial score (nSPS) is 12.6. The van der Waals surface area contributed by atoms with Crippen LogP contribution in [0.2, 0.25) is 0 Å². The average molecular weight is 239 g/mol. The molecule has 0 amide bonds. The molecule has 0 saturated heterocycles. The predicted molar refractivity (Wildman–Crippen MR) is 47.9 cm³/mol. The molecule has 90 valence electrons. The van der Waals surface area contributed by atoms with Gasteiger partial charge in [-0.25, -0.2) is 17.6 Å². The molecule has 1 atom stereocenters. The van der Waals surface area contributed by atoms with Crippen LogP contribution in [0.15, 0.2) is 6.07 Å². The molecule has 0 saturated carbocycles. The number of nitrogens with one attached hydrogen (secondary N) is 1. The SMILES string of the molecule is OCC(O)CNc1c(F)c(F)cc(F)c1F. The molecule has 0 aliphatic heterocycles. The highest BCUT2D eigenvalue weighted by atomic mass is 19.2. The summed E-state index contributed by atoms with van der Waals surface area (Å²) < 4.78 is 51.4. The molecule has 1 rings (SSSR count). The third-order valence-electron chi connectivity index (χ3n) is 1.84. The predicted octanol–water partition coefficient (Wildman–Crippen LogP) is 1.01.